The Labute approximate surface area is 160 Å². The zero-order valence-corrected chi connectivity index (χ0v) is 15.1. The zero-order chi connectivity index (χ0) is 19.5. The van der Waals surface area contributed by atoms with Crippen LogP contribution in [-0.2, 0) is 39.6 Å². The fourth-order valence-electron chi connectivity index (χ4n) is 2.52. The lowest BCUT2D eigenvalue weighted by Gasteiger charge is -2.26. The van der Waals surface area contributed by atoms with Gasteiger partial charge in [-0.3, -0.25) is 4.79 Å². The van der Waals surface area contributed by atoms with Crippen LogP contribution in [0.2, 0.25) is 0 Å². The standard InChI is InChI=1S/C19H20O9/c20-17(26-9-13-7-24-13)4-11-1-2-12(18(21)27-10-14-8-25-14)3-16(11)19(22)28-15-5-23-6-15/h1-3,13-15H,4-10H2. The summed E-state index contributed by atoms with van der Waals surface area (Å²) in [7, 11) is 0. The molecule has 0 saturated carbocycles. The molecular weight excluding hydrogens is 372 g/mol. The minimum atomic E-state index is -0.623. The number of epoxide rings is 2. The van der Waals surface area contributed by atoms with Crippen molar-refractivity contribution in [1.29, 1.82) is 0 Å². The van der Waals surface area contributed by atoms with Crippen molar-refractivity contribution in [2.24, 2.45) is 0 Å². The molecule has 3 aliphatic rings. The largest absolute Gasteiger partial charge is 0.463 e. The van der Waals surface area contributed by atoms with Gasteiger partial charge in [0.15, 0.2) is 0 Å². The topological polar surface area (TPSA) is 113 Å². The smallest absolute Gasteiger partial charge is 0.338 e. The van der Waals surface area contributed by atoms with Gasteiger partial charge < -0.3 is 28.4 Å². The van der Waals surface area contributed by atoms with Gasteiger partial charge in [-0.25, -0.2) is 9.59 Å². The molecule has 9 heteroatoms. The molecule has 0 aromatic heterocycles. The Hall–Kier alpha value is -2.49. The van der Waals surface area contributed by atoms with E-state index in [-0.39, 0.29) is 49.1 Å². The fourth-order valence-corrected chi connectivity index (χ4v) is 2.52. The van der Waals surface area contributed by atoms with Gasteiger partial charge in [-0.2, -0.15) is 0 Å². The Morgan fingerprint density at radius 3 is 2.21 bits per heavy atom. The van der Waals surface area contributed by atoms with Crippen LogP contribution in [-0.4, -0.2) is 75.9 Å². The van der Waals surface area contributed by atoms with E-state index < -0.39 is 17.9 Å². The average Bonchev–Trinajstić information content (AvgIpc) is 3.55. The first-order chi connectivity index (χ1) is 13.6. The maximum atomic E-state index is 12.6. The third kappa shape index (κ3) is 5.06. The Morgan fingerprint density at radius 2 is 1.61 bits per heavy atom. The maximum absolute atomic E-state index is 12.6. The minimum Gasteiger partial charge on any atom is -0.463 e. The monoisotopic (exact) mass is 392 g/mol. The Kier molecular flexibility index (Phi) is 5.56. The molecule has 1 aromatic carbocycles. The predicted octanol–water partition coefficient (Wildman–Crippen LogP) is 0.282. The first-order valence-electron chi connectivity index (χ1n) is 9.06. The molecule has 0 N–H and O–H groups in total. The first kappa shape index (κ1) is 18.9. The van der Waals surface area contributed by atoms with Crippen LogP contribution in [0.4, 0.5) is 0 Å². The SMILES string of the molecule is O=C(Cc1ccc(C(=O)OCC2CO2)cc1C(=O)OC1COC1)OCC1CO1. The number of hydrogen-bond acceptors (Lipinski definition) is 9. The summed E-state index contributed by atoms with van der Waals surface area (Å²) in [5.74, 6) is -1.68. The van der Waals surface area contributed by atoms with E-state index in [4.69, 9.17) is 28.4 Å². The summed E-state index contributed by atoms with van der Waals surface area (Å²) >= 11 is 0. The Morgan fingerprint density at radius 1 is 0.929 bits per heavy atom. The minimum absolute atomic E-state index is 0.0420. The normalized spacial score (nSPS) is 22.7. The van der Waals surface area contributed by atoms with Crippen LogP contribution < -0.4 is 0 Å². The van der Waals surface area contributed by atoms with Gasteiger partial charge in [0, 0.05) is 0 Å². The van der Waals surface area contributed by atoms with Gasteiger partial charge in [0.05, 0.1) is 44.0 Å². The summed E-state index contributed by atoms with van der Waals surface area (Å²) in [6.07, 6.45) is -0.554. The second-order valence-corrected chi connectivity index (χ2v) is 6.81. The van der Waals surface area contributed by atoms with E-state index in [2.05, 4.69) is 0 Å². The quantitative estimate of drug-likeness (QED) is 0.332. The van der Waals surface area contributed by atoms with Crippen molar-refractivity contribution >= 4 is 17.9 Å². The van der Waals surface area contributed by atoms with Crippen LogP contribution >= 0.6 is 0 Å². The Balaban J connectivity index is 1.46. The van der Waals surface area contributed by atoms with Crippen molar-refractivity contribution in [1.82, 2.24) is 0 Å². The molecular formula is C19H20O9. The second-order valence-electron chi connectivity index (χ2n) is 6.81. The molecule has 4 rings (SSSR count). The molecule has 0 amide bonds. The molecule has 1 aromatic rings. The molecule has 0 spiro atoms. The van der Waals surface area contributed by atoms with E-state index in [1.807, 2.05) is 0 Å². The average molecular weight is 392 g/mol. The summed E-state index contributed by atoms with van der Waals surface area (Å²) in [5, 5.41) is 0. The highest BCUT2D eigenvalue weighted by atomic mass is 16.6. The highest BCUT2D eigenvalue weighted by molar-refractivity contribution is 5.97. The summed E-state index contributed by atoms with van der Waals surface area (Å²) in [6, 6.07) is 4.42. The Bertz CT molecular complexity index is 763. The van der Waals surface area contributed by atoms with E-state index in [0.29, 0.717) is 32.0 Å². The summed E-state index contributed by atoms with van der Waals surface area (Å²) in [6.45, 7) is 2.15. The molecule has 2 unspecified atom stereocenters. The van der Waals surface area contributed by atoms with E-state index >= 15 is 0 Å². The number of benzene rings is 1. The number of carbonyl (C=O) groups excluding carboxylic acids is 3. The third-order valence-electron chi connectivity index (χ3n) is 4.42. The van der Waals surface area contributed by atoms with Crippen LogP contribution in [0, 0.1) is 0 Å². The lowest BCUT2D eigenvalue weighted by molar-refractivity contribution is -0.143. The van der Waals surface area contributed by atoms with Gasteiger partial charge in [-0.1, -0.05) is 6.07 Å². The second kappa shape index (κ2) is 8.26. The summed E-state index contributed by atoms with van der Waals surface area (Å²) in [4.78, 5) is 36.8. The predicted molar refractivity (Wildman–Crippen MR) is 90.9 cm³/mol. The molecule has 0 bridgehead atoms. The molecule has 2 atom stereocenters. The van der Waals surface area contributed by atoms with Crippen LogP contribution in [0.25, 0.3) is 0 Å². The highest BCUT2D eigenvalue weighted by Gasteiger charge is 2.28. The van der Waals surface area contributed by atoms with Gasteiger partial charge in [-0.15, -0.1) is 0 Å². The van der Waals surface area contributed by atoms with Gasteiger partial charge in [0.2, 0.25) is 0 Å². The highest BCUT2D eigenvalue weighted by Crippen LogP contribution is 2.19. The van der Waals surface area contributed by atoms with Gasteiger partial charge >= 0.3 is 17.9 Å². The number of esters is 3. The van der Waals surface area contributed by atoms with E-state index in [1.165, 1.54) is 18.2 Å². The number of carbonyl (C=O) groups is 3. The van der Waals surface area contributed by atoms with Crippen molar-refractivity contribution < 1.29 is 42.8 Å². The van der Waals surface area contributed by atoms with Crippen LogP contribution in [0.5, 0.6) is 0 Å². The molecule has 150 valence electrons. The molecule has 9 nitrogen and oxygen atoms in total. The van der Waals surface area contributed by atoms with Gasteiger partial charge in [-0.05, 0) is 17.7 Å². The maximum Gasteiger partial charge on any atom is 0.338 e. The number of hydrogen-bond donors (Lipinski definition) is 0. The van der Waals surface area contributed by atoms with Crippen molar-refractivity contribution in [2.75, 3.05) is 39.6 Å². The van der Waals surface area contributed by atoms with E-state index in [0.717, 1.165) is 0 Å². The fraction of sp³-hybridized carbons (Fsp3) is 0.526. The first-order valence-corrected chi connectivity index (χ1v) is 9.06. The molecule has 3 saturated heterocycles. The van der Waals surface area contributed by atoms with Crippen molar-refractivity contribution in [2.45, 2.75) is 24.7 Å². The lowest BCUT2D eigenvalue weighted by Crippen LogP contribution is -2.38. The summed E-state index contributed by atoms with van der Waals surface area (Å²) < 4.78 is 30.6. The van der Waals surface area contributed by atoms with Crippen molar-refractivity contribution in [3.63, 3.8) is 0 Å². The lowest BCUT2D eigenvalue weighted by atomic mass is 10.0. The number of rotatable bonds is 9. The molecule has 0 radical (unpaired) electrons. The summed E-state index contributed by atoms with van der Waals surface area (Å²) in [5.41, 5.74) is 0.735. The molecule has 3 fully saturated rings. The van der Waals surface area contributed by atoms with Crippen molar-refractivity contribution in [3.8, 4) is 0 Å². The zero-order valence-electron chi connectivity index (χ0n) is 15.1. The van der Waals surface area contributed by atoms with Crippen LogP contribution in [0.3, 0.4) is 0 Å². The third-order valence-corrected chi connectivity index (χ3v) is 4.42. The van der Waals surface area contributed by atoms with Gasteiger partial charge in [0.1, 0.15) is 31.5 Å². The van der Waals surface area contributed by atoms with Crippen LogP contribution in [0.15, 0.2) is 18.2 Å². The van der Waals surface area contributed by atoms with E-state index in [9.17, 15) is 14.4 Å². The molecule has 0 aliphatic carbocycles. The van der Waals surface area contributed by atoms with Crippen LogP contribution in [0.1, 0.15) is 26.3 Å². The molecule has 3 aliphatic heterocycles. The van der Waals surface area contributed by atoms with E-state index in [1.54, 1.807) is 0 Å². The van der Waals surface area contributed by atoms with Gasteiger partial charge in [0.25, 0.3) is 0 Å². The number of ether oxygens (including phenoxy) is 6. The molecule has 3 heterocycles. The van der Waals surface area contributed by atoms with Crippen molar-refractivity contribution in [3.05, 3.63) is 34.9 Å². The molecule has 28 heavy (non-hydrogen) atoms.